The number of aromatic nitrogens is 3. The molecule has 1 N–H and O–H groups in total. The molecule has 25 heavy (non-hydrogen) atoms. The van der Waals surface area contributed by atoms with Gasteiger partial charge in [-0.15, -0.1) is 10.2 Å². The number of hydrogen-bond acceptors (Lipinski definition) is 5. The molecule has 0 spiro atoms. The van der Waals surface area contributed by atoms with E-state index in [2.05, 4.69) is 15.5 Å². The van der Waals surface area contributed by atoms with Crippen molar-refractivity contribution in [1.29, 1.82) is 0 Å². The van der Waals surface area contributed by atoms with E-state index in [1.54, 1.807) is 12.1 Å². The number of rotatable bonds is 4. The van der Waals surface area contributed by atoms with E-state index in [0.29, 0.717) is 24.9 Å². The van der Waals surface area contributed by atoms with Crippen LogP contribution in [0.3, 0.4) is 0 Å². The molecule has 1 aliphatic heterocycles. The minimum atomic E-state index is -0.794. The monoisotopic (exact) mass is 336 g/mol. The normalized spacial score (nSPS) is 16.3. The molecule has 0 fully saturated rings. The third kappa shape index (κ3) is 2.96. The van der Waals surface area contributed by atoms with E-state index in [4.69, 9.17) is 4.74 Å². The lowest BCUT2D eigenvalue weighted by atomic mass is 9.98. The van der Waals surface area contributed by atoms with Crippen molar-refractivity contribution in [3.63, 3.8) is 0 Å². The van der Waals surface area contributed by atoms with Gasteiger partial charge in [-0.05, 0) is 23.8 Å². The Morgan fingerprint density at radius 1 is 1.20 bits per heavy atom. The standard InChI is InChI=1S/C18H16N4O3/c23-17(14-11-12-5-1-2-6-13(12)18(24)25-14)19-9-8-16-21-20-15-7-3-4-10-22(15)16/h1-7,10,14H,8-9,11H2,(H,19,23)/t14-/m1/s1. The molecule has 0 aliphatic carbocycles. The summed E-state index contributed by atoms with van der Waals surface area (Å²) in [5.41, 5.74) is 2.13. The Morgan fingerprint density at radius 3 is 2.96 bits per heavy atom. The fourth-order valence-corrected chi connectivity index (χ4v) is 2.95. The minimum absolute atomic E-state index is 0.295. The zero-order valence-electron chi connectivity index (χ0n) is 13.4. The number of nitrogens with zero attached hydrogens (tertiary/aromatic N) is 3. The number of carbonyl (C=O) groups excluding carboxylic acids is 2. The molecule has 0 unspecified atom stereocenters. The Balaban J connectivity index is 1.38. The molecule has 1 atom stereocenters. The summed E-state index contributed by atoms with van der Waals surface area (Å²) in [4.78, 5) is 24.3. The predicted octanol–water partition coefficient (Wildman–Crippen LogP) is 1.17. The number of nitrogens with one attached hydrogen (secondary N) is 1. The summed E-state index contributed by atoms with van der Waals surface area (Å²) >= 11 is 0. The second kappa shape index (κ2) is 6.35. The van der Waals surface area contributed by atoms with E-state index in [1.165, 1.54) is 0 Å². The van der Waals surface area contributed by atoms with Crippen LogP contribution in [0.15, 0.2) is 48.7 Å². The first-order valence-corrected chi connectivity index (χ1v) is 8.07. The molecule has 1 amide bonds. The fourth-order valence-electron chi connectivity index (χ4n) is 2.95. The van der Waals surface area contributed by atoms with E-state index in [0.717, 1.165) is 17.0 Å². The highest BCUT2D eigenvalue weighted by molar-refractivity contribution is 5.95. The van der Waals surface area contributed by atoms with Crippen LogP contribution in [0.1, 0.15) is 21.7 Å². The molecular formula is C18H16N4O3. The smallest absolute Gasteiger partial charge is 0.339 e. The van der Waals surface area contributed by atoms with Gasteiger partial charge in [0.25, 0.3) is 5.91 Å². The Labute approximate surface area is 143 Å². The first-order chi connectivity index (χ1) is 12.2. The van der Waals surface area contributed by atoms with Crippen molar-refractivity contribution in [2.45, 2.75) is 18.9 Å². The van der Waals surface area contributed by atoms with Gasteiger partial charge < -0.3 is 10.1 Å². The topological polar surface area (TPSA) is 85.6 Å². The number of pyridine rings is 1. The number of ether oxygens (including phenoxy) is 1. The van der Waals surface area contributed by atoms with Gasteiger partial charge in [-0.2, -0.15) is 0 Å². The molecule has 3 aromatic rings. The van der Waals surface area contributed by atoms with Crippen LogP contribution in [-0.4, -0.2) is 39.1 Å². The summed E-state index contributed by atoms with van der Waals surface area (Å²) in [5.74, 6) is 0.0176. The van der Waals surface area contributed by atoms with E-state index in [9.17, 15) is 9.59 Å². The number of amides is 1. The average Bonchev–Trinajstić information content (AvgIpc) is 3.05. The lowest BCUT2D eigenvalue weighted by Gasteiger charge is -2.23. The maximum absolute atomic E-state index is 12.3. The van der Waals surface area contributed by atoms with Gasteiger partial charge in [-0.1, -0.05) is 24.3 Å². The molecule has 7 heteroatoms. The van der Waals surface area contributed by atoms with Crippen LogP contribution < -0.4 is 5.32 Å². The quantitative estimate of drug-likeness (QED) is 0.723. The van der Waals surface area contributed by atoms with Gasteiger partial charge in [0.1, 0.15) is 5.82 Å². The van der Waals surface area contributed by atoms with Crippen LogP contribution in [0.5, 0.6) is 0 Å². The minimum Gasteiger partial charge on any atom is -0.448 e. The van der Waals surface area contributed by atoms with E-state index < -0.39 is 12.1 Å². The summed E-state index contributed by atoms with van der Waals surface area (Å²) in [6.07, 6.45) is 2.01. The lowest BCUT2D eigenvalue weighted by Crippen LogP contribution is -2.42. The van der Waals surface area contributed by atoms with Crippen LogP contribution in [0.25, 0.3) is 5.65 Å². The zero-order chi connectivity index (χ0) is 17.2. The Kier molecular flexibility index (Phi) is 3.89. The summed E-state index contributed by atoms with van der Waals surface area (Å²) in [6.45, 7) is 0.393. The molecule has 1 aromatic carbocycles. The summed E-state index contributed by atoms with van der Waals surface area (Å²) in [6, 6.07) is 12.9. The zero-order valence-corrected chi connectivity index (χ0v) is 13.4. The third-order valence-corrected chi connectivity index (χ3v) is 4.22. The van der Waals surface area contributed by atoms with Crippen molar-refractivity contribution < 1.29 is 14.3 Å². The Morgan fingerprint density at radius 2 is 2.04 bits per heavy atom. The summed E-state index contributed by atoms with van der Waals surface area (Å²) < 4.78 is 7.13. The van der Waals surface area contributed by atoms with Crippen molar-refractivity contribution >= 4 is 17.5 Å². The van der Waals surface area contributed by atoms with Crippen LogP contribution in [0.2, 0.25) is 0 Å². The van der Waals surface area contributed by atoms with Crippen LogP contribution in [-0.2, 0) is 22.4 Å². The van der Waals surface area contributed by atoms with Crippen LogP contribution in [0, 0.1) is 0 Å². The molecular weight excluding hydrogens is 320 g/mol. The molecule has 0 saturated carbocycles. The fraction of sp³-hybridized carbons (Fsp3) is 0.222. The highest BCUT2D eigenvalue weighted by Crippen LogP contribution is 2.20. The highest BCUT2D eigenvalue weighted by Gasteiger charge is 2.30. The van der Waals surface area contributed by atoms with Gasteiger partial charge in [0.2, 0.25) is 0 Å². The molecule has 3 heterocycles. The van der Waals surface area contributed by atoms with Crippen LogP contribution >= 0.6 is 0 Å². The van der Waals surface area contributed by atoms with Gasteiger partial charge >= 0.3 is 5.97 Å². The van der Waals surface area contributed by atoms with Gasteiger partial charge in [0.05, 0.1) is 5.56 Å². The number of cyclic esters (lactones) is 1. The maximum Gasteiger partial charge on any atom is 0.339 e. The number of esters is 1. The molecule has 2 aromatic heterocycles. The van der Waals surface area contributed by atoms with Gasteiger partial charge in [0.15, 0.2) is 11.8 Å². The first-order valence-electron chi connectivity index (χ1n) is 8.07. The first kappa shape index (κ1) is 15.3. The van der Waals surface area contributed by atoms with Crippen LogP contribution in [0.4, 0.5) is 0 Å². The van der Waals surface area contributed by atoms with E-state index in [-0.39, 0.29) is 5.91 Å². The largest absolute Gasteiger partial charge is 0.448 e. The molecule has 0 saturated heterocycles. The van der Waals surface area contributed by atoms with Crippen molar-refractivity contribution in [3.8, 4) is 0 Å². The van der Waals surface area contributed by atoms with Gasteiger partial charge in [0, 0.05) is 25.6 Å². The van der Waals surface area contributed by atoms with Crippen molar-refractivity contribution in [3.05, 3.63) is 65.6 Å². The highest BCUT2D eigenvalue weighted by atomic mass is 16.5. The van der Waals surface area contributed by atoms with Crippen molar-refractivity contribution in [2.24, 2.45) is 0 Å². The molecule has 4 rings (SSSR count). The average molecular weight is 336 g/mol. The van der Waals surface area contributed by atoms with Crippen molar-refractivity contribution in [1.82, 2.24) is 19.9 Å². The van der Waals surface area contributed by atoms with Crippen molar-refractivity contribution in [2.75, 3.05) is 6.54 Å². The molecule has 0 radical (unpaired) electrons. The molecule has 0 bridgehead atoms. The SMILES string of the molecule is O=C1O[C@@H](C(=O)NCCc2nnc3ccccn23)Cc2ccccc21. The summed E-state index contributed by atoms with van der Waals surface area (Å²) in [7, 11) is 0. The Hall–Kier alpha value is -3.22. The second-order valence-corrected chi connectivity index (χ2v) is 5.84. The molecule has 1 aliphatic rings. The molecule has 126 valence electrons. The van der Waals surface area contributed by atoms with E-state index in [1.807, 2.05) is 40.9 Å². The third-order valence-electron chi connectivity index (χ3n) is 4.22. The second-order valence-electron chi connectivity index (χ2n) is 5.84. The number of hydrogen-bond donors (Lipinski definition) is 1. The molecule has 7 nitrogen and oxygen atoms in total. The Bertz CT molecular complexity index is 950. The van der Waals surface area contributed by atoms with E-state index >= 15 is 0 Å². The summed E-state index contributed by atoms with van der Waals surface area (Å²) in [5, 5.41) is 11.0. The maximum atomic E-state index is 12.3. The lowest BCUT2D eigenvalue weighted by molar-refractivity contribution is -0.130. The number of fused-ring (bicyclic) bond motifs is 2. The van der Waals surface area contributed by atoms with Gasteiger partial charge in [-0.25, -0.2) is 4.79 Å². The number of benzene rings is 1. The number of carbonyl (C=O) groups is 2. The predicted molar refractivity (Wildman–Crippen MR) is 89.1 cm³/mol. The van der Waals surface area contributed by atoms with Gasteiger partial charge in [-0.3, -0.25) is 9.20 Å².